The van der Waals surface area contributed by atoms with E-state index in [4.69, 9.17) is 16.3 Å². The Hall–Kier alpha value is -2.00. The summed E-state index contributed by atoms with van der Waals surface area (Å²) in [6, 6.07) is 5.73. The van der Waals surface area contributed by atoms with Crippen molar-refractivity contribution in [3.63, 3.8) is 0 Å². The number of ether oxygens (including phenoxy) is 1. The van der Waals surface area contributed by atoms with Crippen molar-refractivity contribution in [1.29, 1.82) is 0 Å². The molecule has 1 aliphatic rings. The van der Waals surface area contributed by atoms with Crippen LogP contribution in [0.4, 0.5) is 0 Å². The largest absolute Gasteiger partial charge is 0.507 e. The normalized spacial score (nSPS) is 16.9. The number of phenolic OH excluding ortho intramolecular Hbond substituents is 1. The average Bonchev–Trinajstić information content (AvgIpc) is 2.51. The monoisotopic (exact) mass is 330 g/mol. The molecule has 4 heteroatoms. The van der Waals surface area contributed by atoms with E-state index in [2.05, 4.69) is 6.58 Å². The first-order valence-corrected chi connectivity index (χ1v) is 8.11. The number of hydrogen-bond donors (Lipinski definition) is 1. The number of esters is 1. The summed E-state index contributed by atoms with van der Waals surface area (Å²) in [6.07, 6.45) is 2.05. The minimum absolute atomic E-state index is 0.0212. The first kappa shape index (κ1) is 15.9. The highest BCUT2D eigenvalue weighted by atomic mass is 35.5. The van der Waals surface area contributed by atoms with Crippen LogP contribution in [0.3, 0.4) is 0 Å². The van der Waals surface area contributed by atoms with Gasteiger partial charge < -0.3 is 9.84 Å². The van der Waals surface area contributed by atoms with Crippen molar-refractivity contribution in [3.05, 3.63) is 47.0 Å². The average molecular weight is 331 g/mol. The standard InChI is InChI=1S/C19H19ClO3/c1-10(2)19(22)23-18-14-6-4-11(3)8-15(14)17(21)13-7-5-12(20)9-16(13)18/h4,6,8,12,21H,1,5,7,9H2,2-3H3. The molecule has 3 rings (SSSR count). The summed E-state index contributed by atoms with van der Waals surface area (Å²) in [5, 5.41) is 12.1. The van der Waals surface area contributed by atoms with Crippen LogP contribution in [0.15, 0.2) is 30.4 Å². The van der Waals surface area contributed by atoms with Crippen molar-refractivity contribution in [2.45, 2.75) is 38.5 Å². The lowest BCUT2D eigenvalue weighted by atomic mass is 9.86. The molecule has 1 unspecified atom stereocenters. The van der Waals surface area contributed by atoms with E-state index in [1.165, 1.54) is 0 Å². The van der Waals surface area contributed by atoms with Crippen LogP contribution in [0.5, 0.6) is 11.5 Å². The van der Waals surface area contributed by atoms with E-state index in [-0.39, 0.29) is 11.1 Å². The third kappa shape index (κ3) is 2.81. The van der Waals surface area contributed by atoms with Gasteiger partial charge in [0.05, 0.1) is 0 Å². The number of aryl methyl sites for hydroxylation is 1. The molecule has 1 N–H and O–H groups in total. The molecule has 1 atom stereocenters. The van der Waals surface area contributed by atoms with E-state index >= 15 is 0 Å². The van der Waals surface area contributed by atoms with Gasteiger partial charge in [-0.15, -0.1) is 11.6 Å². The maximum atomic E-state index is 12.1. The molecule has 0 amide bonds. The van der Waals surface area contributed by atoms with E-state index in [1.54, 1.807) is 6.92 Å². The van der Waals surface area contributed by atoms with Crippen LogP contribution in [0.25, 0.3) is 10.8 Å². The topological polar surface area (TPSA) is 46.5 Å². The summed E-state index contributed by atoms with van der Waals surface area (Å²) in [6.45, 7) is 7.22. The van der Waals surface area contributed by atoms with Crippen LogP contribution in [-0.2, 0) is 17.6 Å². The number of phenols is 1. The van der Waals surface area contributed by atoms with Crippen molar-refractivity contribution in [3.8, 4) is 11.5 Å². The second-order valence-corrected chi connectivity index (χ2v) is 6.81. The predicted molar refractivity (Wildman–Crippen MR) is 92.5 cm³/mol. The number of fused-ring (bicyclic) bond motifs is 2. The van der Waals surface area contributed by atoms with Crippen LogP contribution in [0.2, 0.25) is 0 Å². The predicted octanol–water partition coefficient (Wildman–Crippen LogP) is 4.43. The van der Waals surface area contributed by atoms with E-state index < -0.39 is 5.97 Å². The van der Waals surface area contributed by atoms with Gasteiger partial charge in [-0.3, -0.25) is 0 Å². The van der Waals surface area contributed by atoms with E-state index in [0.717, 1.165) is 28.5 Å². The molecule has 0 spiro atoms. The minimum Gasteiger partial charge on any atom is -0.507 e. The SMILES string of the molecule is C=C(C)C(=O)Oc1c2c(c(O)c3cc(C)ccc13)CCC(Cl)C2. The van der Waals surface area contributed by atoms with Crippen LogP contribution >= 0.6 is 11.6 Å². The lowest BCUT2D eigenvalue weighted by Crippen LogP contribution is -2.18. The molecule has 1 aliphatic carbocycles. The Morgan fingerprint density at radius 1 is 1.35 bits per heavy atom. The third-order valence-corrected chi connectivity index (χ3v) is 4.65. The van der Waals surface area contributed by atoms with Crippen LogP contribution in [0, 0.1) is 6.92 Å². The summed E-state index contributed by atoms with van der Waals surface area (Å²) < 4.78 is 5.62. The maximum absolute atomic E-state index is 12.1. The van der Waals surface area contributed by atoms with Crippen LogP contribution in [0.1, 0.15) is 30.0 Å². The number of benzene rings is 2. The molecule has 3 nitrogen and oxygen atoms in total. The van der Waals surface area contributed by atoms with Gasteiger partial charge in [0.25, 0.3) is 0 Å². The van der Waals surface area contributed by atoms with Gasteiger partial charge in [0.2, 0.25) is 0 Å². The molecule has 23 heavy (non-hydrogen) atoms. The van der Waals surface area contributed by atoms with E-state index in [9.17, 15) is 9.90 Å². The molecule has 0 aromatic heterocycles. The fourth-order valence-electron chi connectivity index (χ4n) is 3.06. The summed E-state index contributed by atoms with van der Waals surface area (Å²) in [5.74, 6) is 0.319. The Balaban J connectivity index is 2.30. The van der Waals surface area contributed by atoms with Crippen molar-refractivity contribution in [1.82, 2.24) is 0 Å². The van der Waals surface area contributed by atoms with Crippen molar-refractivity contribution in [2.24, 2.45) is 0 Å². The number of rotatable bonds is 2. The van der Waals surface area contributed by atoms with E-state index in [1.807, 2.05) is 25.1 Å². The second kappa shape index (κ2) is 5.89. The second-order valence-electron chi connectivity index (χ2n) is 6.19. The molecule has 0 bridgehead atoms. The highest BCUT2D eigenvalue weighted by Crippen LogP contribution is 2.44. The fraction of sp³-hybridized carbons (Fsp3) is 0.316. The lowest BCUT2D eigenvalue weighted by Gasteiger charge is -2.25. The van der Waals surface area contributed by atoms with Gasteiger partial charge in [0.1, 0.15) is 11.5 Å². The van der Waals surface area contributed by atoms with E-state index in [0.29, 0.717) is 29.6 Å². The molecular weight excluding hydrogens is 312 g/mol. The van der Waals surface area contributed by atoms with Crippen molar-refractivity contribution >= 4 is 28.3 Å². The Labute approximate surface area is 140 Å². The first-order valence-electron chi connectivity index (χ1n) is 7.67. The molecule has 2 aromatic rings. The fourth-order valence-corrected chi connectivity index (χ4v) is 3.33. The number of carbonyl (C=O) groups excluding carboxylic acids is 1. The summed E-state index contributed by atoms with van der Waals surface area (Å²) >= 11 is 6.30. The zero-order chi connectivity index (χ0) is 16.7. The molecule has 0 aliphatic heterocycles. The Morgan fingerprint density at radius 2 is 2.09 bits per heavy atom. The quantitative estimate of drug-likeness (QED) is 0.383. The van der Waals surface area contributed by atoms with Gasteiger partial charge in [0.15, 0.2) is 0 Å². The molecule has 0 radical (unpaired) electrons. The maximum Gasteiger partial charge on any atom is 0.338 e. The number of alkyl halides is 1. The lowest BCUT2D eigenvalue weighted by molar-refractivity contribution is -0.130. The third-order valence-electron chi connectivity index (χ3n) is 4.28. The van der Waals surface area contributed by atoms with Crippen molar-refractivity contribution in [2.75, 3.05) is 0 Å². The summed E-state index contributed by atoms with van der Waals surface area (Å²) in [5.41, 5.74) is 3.05. The highest BCUT2D eigenvalue weighted by molar-refractivity contribution is 6.21. The number of aromatic hydroxyl groups is 1. The Bertz CT molecular complexity index is 823. The first-order chi connectivity index (χ1) is 10.9. The molecule has 120 valence electrons. The molecule has 0 saturated carbocycles. The van der Waals surface area contributed by atoms with Crippen LogP contribution < -0.4 is 4.74 Å². The molecule has 2 aromatic carbocycles. The number of hydrogen-bond acceptors (Lipinski definition) is 3. The molecular formula is C19H19ClO3. The number of halogens is 1. The van der Waals surface area contributed by atoms with Crippen molar-refractivity contribution < 1.29 is 14.6 Å². The molecule has 0 fully saturated rings. The van der Waals surface area contributed by atoms with Gasteiger partial charge in [-0.25, -0.2) is 4.79 Å². The van der Waals surface area contributed by atoms with Gasteiger partial charge in [-0.05, 0) is 39.2 Å². The minimum atomic E-state index is -0.462. The highest BCUT2D eigenvalue weighted by Gasteiger charge is 2.27. The molecule has 0 saturated heterocycles. The van der Waals surface area contributed by atoms with Gasteiger partial charge in [-0.1, -0.05) is 24.3 Å². The summed E-state index contributed by atoms with van der Waals surface area (Å²) in [4.78, 5) is 12.1. The zero-order valence-corrected chi connectivity index (χ0v) is 14.0. The smallest absolute Gasteiger partial charge is 0.338 e. The summed E-state index contributed by atoms with van der Waals surface area (Å²) in [7, 11) is 0. The van der Waals surface area contributed by atoms with Gasteiger partial charge in [-0.2, -0.15) is 0 Å². The molecule has 0 heterocycles. The van der Waals surface area contributed by atoms with Gasteiger partial charge >= 0.3 is 5.97 Å². The number of carbonyl (C=O) groups is 1. The van der Waals surface area contributed by atoms with Gasteiger partial charge in [0, 0.05) is 32.8 Å². The Kier molecular flexibility index (Phi) is 4.07. The Morgan fingerprint density at radius 3 is 2.78 bits per heavy atom. The zero-order valence-electron chi connectivity index (χ0n) is 13.3. The van der Waals surface area contributed by atoms with Crippen LogP contribution in [-0.4, -0.2) is 16.5 Å².